The first-order valence-electron chi connectivity index (χ1n) is 4.09. The van der Waals surface area contributed by atoms with E-state index in [1.807, 2.05) is 0 Å². The molecule has 1 aliphatic heterocycles. The summed E-state index contributed by atoms with van der Waals surface area (Å²) in [5.41, 5.74) is 0. The van der Waals surface area contributed by atoms with Gasteiger partial charge in [0.15, 0.2) is 0 Å². The number of hydrogen-bond acceptors (Lipinski definition) is 1. The molecule has 1 nitrogen and oxygen atoms in total. The summed E-state index contributed by atoms with van der Waals surface area (Å²) < 4.78 is 5.55. The molecule has 2 rings (SSSR count). The highest BCUT2D eigenvalue weighted by Gasteiger charge is 2.43. The van der Waals surface area contributed by atoms with Crippen LogP contribution in [0.15, 0.2) is 0 Å². The molecule has 1 saturated carbocycles. The SMILES string of the molecule is ClCC1CC1C1CCCO1. The van der Waals surface area contributed by atoms with Gasteiger partial charge in [-0.1, -0.05) is 0 Å². The monoisotopic (exact) mass is 160 g/mol. The molecule has 0 spiro atoms. The summed E-state index contributed by atoms with van der Waals surface area (Å²) in [5, 5.41) is 0. The zero-order valence-electron chi connectivity index (χ0n) is 6.05. The third kappa shape index (κ3) is 1.17. The molecule has 2 fully saturated rings. The van der Waals surface area contributed by atoms with Gasteiger partial charge in [0, 0.05) is 12.5 Å². The molecular weight excluding hydrogens is 148 g/mol. The van der Waals surface area contributed by atoms with Crippen LogP contribution in [0.3, 0.4) is 0 Å². The van der Waals surface area contributed by atoms with Gasteiger partial charge in [-0.3, -0.25) is 0 Å². The third-order valence-electron chi connectivity index (χ3n) is 2.62. The highest BCUT2D eigenvalue weighted by molar-refractivity contribution is 6.18. The first-order valence-corrected chi connectivity index (χ1v) is 4.63. The van der Waals surface area contributed by atoms with E-state index in [2.05, 4.69) is 0 Å². The lowest BCUT2D eigenvalue weighted by Crippen LogP contribution is -2.09. The molecule has 0 aromatic carbocycles. The molecule has 0 aromatic rings. The van der Waals surface area contributed by atoms with Gasteiger partial charge in [-0.25, -0.2) is 0 Å². The first kappa shape index (κ1) is 6.93. The van der Waals surface area contributed by atoms with Crippen LogP contribution in [0.4, 0.5) is 0 Å². The van der Waals surface area contributed by atoms with Gasteiger partial charge in [0.05, 0.1) is 6.10 Å². The predicted octanol–water partition coefficient (Wildman–Crippen LogP) is 2.04. The van der Waals surface area contributed by atoms with Crippen LogP contribution in [0.1, 0.15) is 19.3 Å². The fourth-order valence-corrected chi connectivity index (χ4v) is 2.20. The molecule has 1 aliphatic carbocycles. The van der Waals surface area contributed by atoms with E-state index in [0.29, 0.717) is 6.10 Å². The fourth-order valence-electron chi connectivity index (χ4n) is 1.84. The second-order valence-corrected chi connectivity index (χ2v) is 3.67. The Bertz CT molecular complexity index is 120. The topological polar surface area (TPSA) is 9.23 Å². The minimum atomic E-state index is 0.573. The van der Waals surface area contributed by atoms with Gasteiger partial charge in [0.2, 0.25) is 0 Å². The molecule has 0 bridgehead atoms. The average Bonchev–Trinajstić information content (AvgIpc) is 2.56. The van der Waals surface area contributed by atoms with Crippen molar-refractivity contribution in [1.29, 1.82) is 0 Å². The summed E-state index contributed by atoms with van der Waals surface area (Å²) in [5.74, 6) is 2.44. The maximum Gasteiger partial charge on any atom is 0.0607 e. The van der Waals surface area contributed by atoms with Crippen LogP contribution in [-0.2, 0) is 4.74 Å². The molecule has 0 amide bonds. The largest absolute Gasteiger partial charge is 0.378 e. The van der Waals surface area contributed by atoms with Crippen molar-refractivity contribution >= 4 is 11.6 Å². The summed E-state index contributed by atoms with van der Waals surface area (Å²) in [4.78, 5) is 0. The Hall–Kier alpha value is 0.250. The summed E-state index contributed by atoms with van der Waals surface area (Å²) in [6.45, 7) is 0.982. The van der Waals surface area contributed by atoms with Crippen molar-refractivity contribution in [3.8, 4) is 0 Å². The zero-order valence-corrected chi connectivity index (χ0v) is 6.81. The van der Waals surface area contributed by atoms with Gasteiger partial charge < -0.3 is 4.74 Å². The van der Waals surface area contributed by atoms with Gasteiger partial charge >= 0.3 is 0 Å². The molecule has 0 aromatic heterocycles. The Morgan fingerprint density at radius 3 is 2.90 bits per heavy atom. The number of ether oxygens (including phenoxy) is 1. The zero-order chi connectivity index (χ0) is 6.97. The number of hydrogen-bond donors (Lipinski definition) is 0. The van der Waals surface area contributed by atoms with Crippen LogP contribution in [0.25, 0.3) is 0 Å². The van der Waals surface area contributed by atoms with Crippen LogP contribution < -0.4 is 0 Å². The summed E-state index contributed by atoms with van der Waals surface area (Å²) in [6.07, 6.45) is 4.42. The highest BCUT2D eigenvalue weighted by atomic mass is 35.5. The predicted molar refractivity (Wildman–Crippen MR) is 41.3 cm³/mol. The van der Waals surface area contributed by atoms with E-state index in [1.165, 1.54) is 19.3 Å². The van der Waals surface area contributed by atoms with E-state index in [4.69, 9.17) is 16.3 Å². The fraction of sp³-hybridized carbons (Fsp3) is 1.00. The van der Waals surface area contributed by atoms with Crippen molar-refractivity contribution < 1.29 is 4.74 Å². The van der Waals surface area contributed by atoms with E-state index in [0.717, 1.165) is 24.3 Å². The Morgan fingerprint density at radius 1 is 1.50 bits per heavy atom. The molecule has 3 unspecified atom stereocenters. The Labute approximate surface area is 66.7 Å². The van der Waals surface area contributed by atoms with E-state index >= 15 is 0 Å². The van der Waals surface area contributed by atoms with E-state index in [-0.39, 0.29) is 0 Å². The molecular formula is C8H13ClO. The van der Waals surface area contributed by atoms with Gasteiger partial charge in [-0.2, -0.15) is 0 Å². The number of alkyl halides is 1. The molecule has 1 heterocycles. The quantitative estimate of drug-likeness (QED) is 0.562. The molecule has 10 heavy (non-hydrogen) atoms. The van der Waals surface area contributed by atoms with Crippen LogP contribution in [0.5, 0.6) is 0 Å². The minimum absolute atomic E-state index is 0.573. The number of halogens is 1. The molecule has 1 saturated heterocycles. The van der Waals surface area contributed by atoms with Crippen LogP contribution in [0.2, 0.25) is 0 Å². The van der Waals surface area contributed by atoms with Gasteiger partial charge in [-0.15, -0.1) is 11.6 Å². The van der Waals surface area contributed by atoms with Gasteiger partial charge in [0.25, 0.3) is 0 Å². The van der Waals surface area contributed by atoms with Crippen LogP contribution in [0, 0.1) is 11.8 Å². The van der Waals surface area contributed by atoms with E-state index < -0.39 is 0 Å². The van der Waals surface area contributed by atoms with Crippen molar-refractivity contribution in [3.05, 3.63) is 0 Å². The highest BCUT2D eigenvalue weighted by Crippen LogP contribution is 2.45. The smallest absolute Gasteiger partial charge is 0.0607 e. The van der Waals surface area contributed by atoms with Crippen molar-refractivity contribution in [2.45, 2.75) is 25.4 Å². The maximum atomic E-state index is 5.72. The normalized spacial score (nSPS) is 45.9. The molecule has 3 atom stereocenters. The van der Waals surface area contributed by atoms with Crippen LogP contribution in [-0.4, -0.2) is 18.6 Å². The lowest BCUT2D eigenvalue weighted by Gasteiger charge is -2.06. The van der Waals surface area contributed by atoms with Crippen molar-refractivity contribution in [2.24, 2.45) is 11.8 Å². The van der Waals surface area contributed by atoms with Crippen molar-refractivity contribution in [2.75, 3.05) is 12.5 Å². The average molecular weight is 161 g/mol. The molecule has 2 aliphatic rings. The molecule has 0 N–H and O–H groups in total. The first-order chi connectivity index (χ1) is 4.92. The lowest BCUT2D eigenvalue weighted by molar-refractivity contribution is 0.0906. The maximum absolute atomic E-state index is 5.72. The van der Waals surface area contributed by atoms with Gasteiger partial charge in [-0.05, 0) is 31.1 Å². The second-order valence-electron chi connectivity index (χ2n) is 3.37. The Balaban J connectivity index is 1.79. The van der Waals surface area contributed by atoms with Gasteiger partial charge in [0.1, 0.15) is 0 Å². The third-order valence-corrected chi connectivity index (χ3v) is 3.01. The molecule has 2 heteroatoms. The standard InChI is InChI=1S/C8H13ClO/c9-5-6-4-7(6)8-2-1-3-10-8/h6-8H,1-5H2. The molecule has 58 valence electrons. The summed E-state index contributed by atoms with van der Waals surface area (Å²) in [6, 6.07) is 0. The summed E-state index contributed by atoms with van der Waals surface area (Å²) >= 11 is 5.72. The van der Waals surface area contributed by atoms with Crippen LogP contribution >= 0.6 is 11.6 Å². The van der Waals surface area contributed by atoms with Crippen molar-refractivity contribution in [3.63, 3.8) is 0 Å². The van der Waals surface area contributed by atoms with E-state index in [1.54, 1.807) is 0 Å². The molecule has 0 radical (unpaired) electrons. The summed E-state index contributed by atoms with van der Waals surface area (Å²) in [7, 11) is 0. The van der Waals surface area contributed by atoms with E-state index in [9.17, 15) is 0 Å². The Kier molecular flexibility index (Phi) is 1.88. The Morgan fingerprint density at radius 2 is 2.40 bits per heavy atom. The lowest BCUT2D eigenvalue weighted by atomic mass is 10.1. The second kappa shape index (κ2) is 2.71. The minimum Gasteiger partial charge on any atom is -0.378 e. The number of rotatable bonds is 2. The van der Waals surface area contributed by atoms with Crippen molar-refractivity contribution in [1.82, 2.24) is 0 Å².